The predicted molar refractivity (Wildman–Crippen MR) is 73.1 cm³/mol. The molecule has 1 aromatic carbocycles. The second-order valence-electron chi connectivity index (χ2n) is 5.05. The van der Waals surface area contributed by atoms with Gasteiger partial charge in [0.2, 0.25) is 0 Å². The minimum Gasteiger partial charge on any atom is -0.381 e. The first-order valence-corrected chi connectivity index (χ1v) is 6.94. The molecule has 2 aliphatic rings. The molecule has 2 unspecified atom stereocenters. The van der Waals surface area contributed by atoms with Crippen LogP contribution in [0.3, 0.4) is 0 Å². The van der Waals surface area contributed by atoms with Crippen LogP contribution in [0.2, 0.25) is 10.0 Å². The molecule has 2 heterocycles. The van der Waals surface area contributed by atoms with Gasteiger partial charge in [-0.3, -0.25) is 0 Å². The van der Waals surface area contributed by atoms with Gasteiger partial charge in [0.15, 0.2) is 0 Å². The van der Waals surface area contributed by atoms with Crippen LogP contribution in [0.5, 0.6) is 0 Å². The van der Waals surface area contributed by atoms with E-state index in [0.29, 0.717) is 28.2 Å². The molecule has 2 N–H and O–H groups in total. The summed E-state index contributed by atoms with van der Waals surface area (Å²) in [6.07, 6.45) is 4.98. The number of halogens is 2. The summed E-state index contributed by atoms with van der Waals surface area (Å²) in [5, 5.41) is 8.43. The lowest BCUT2D eigenvalue weighted by molar-refractivity contribution is 0.378. The van der Waals surface area contributed by atoms with Crippen LogP contribution >= 0.6 is 23.2 Å². The minimum absolute atomic E-state index is 0.518. The van der Waals surface area contributed by atoms with Crippen molar-refractivity contribution in [2.75, 3.05) is 5.32 Å². The Morgan fingerprint density at radius 3 is 2.53 bits per heavy atom. The Labute approximate surface area is 112 Å². The van der Waals surface area contributed by atoms with Crippen molar-refractivity contribution in [2.24, 2.45) is 0 Å². The summed E-state index contributed by atoms with van der Waals surface area (Å²) in [6, 6.07) is 7.64. The second kappa shape index (κ2) is 4.68. The number of hydrogen-bond donors (Lipinski definition) is 2. The molecule has 0 aliphatic carbocycles. The molecule has 1 aromatic rings. The van der Waals surface area contributed by atoms with Crippen LogP contribution < -0.4 is 10.6 Å². The Morgan fingerprint density at radius 1 is 1.12 bits per heavy atom. The van der Waals surface area contributed by atoms with Gasteiger partial charge in [0.25, 0.3) is 0 Å². The number of benzene rings is 1. The highest BCUT2D eigenvalue weighted by molar-refractivity contribution is 6.43. The van der Waals surface area contributed by atoms with Crippen molar-refractivity contribution in [3.8, 4) is 0 Å². The first-order chi connectivity index (χ1) is 8.22. The van der Waals surface area contributed by atoms with Crippen LogP contribution in [-0.4, -0.2) is 18.1 Å². The molecule has 2 fully saturated rings. The van der Waals surface area contributed by atoms with Gasteiger partial charge in [0, 0.05) is 18.1 Å². The van der Waals surface area contributed by atoms with Crippen LogP contribution in [0, 0.1) is 0 Å². The molecule has 2 nitrogen and oxygen atoms in total. The smallest absolute Gasteiger partial charge is 0.0823 e. The number of piperidine rings is 1. The predicted octanol–water partition coefficient (Wildman–Crippen LogP) is 3.69. The van der Waals surface area contributed by atoms with Gasteiger partial charge in [-0.25, -0.2) is 0 Å². The van der Waals surface area contributed by atoms with E-state index in [1.54, 1.807) is 0 Å². The van der Waals surface area contributed by atoms with E-state index >= 15 is 0 Å². The SMILES string of the molecule is Clc1cccc(NC2CC3CCC(C2)N3)c1Cl. The molecule has 0 radical (unpaired) electrons. The fraction of sp³-hybridized carbons (Fsp3) is 0.538. The molecule has 2 atom stereocenters. The second-order valence-corrected chi connectivity index (χ2v) is 5.84. The molecular weight excluding hydrogens is 255 g/mol. The average Bonchev–Trinajstić information content (AvgIpc) is 2.65. The molecule has 0 spiro atoms. The van der Waals surface area contributed by atoms with Gasteiger partial charge >= 0.3 is 0 Å². The van der Waals surface area contributed by atoms with Crippen LogP contribution in [0.4, 0.5) is 5.69 Å². The monoisotopic (exact) mass is 270 g/mol. The number of rotatable bonds is 2. The number of anilines is 1. The maximum absolute atomic E-state index is 6.19. The van der Waals surface area contributed by atoms with E-state index in [1.165, 1.54) is 25.7 Å². The molecule has 92 valence electrons. The Hall–Kier alpha value is -0.440. The van der Waals surface area contributed by atoms with Gasteiger partial charge in [-0.15, -0.1) is 0 Å². The van der Waals surface area contributed by atoms with Gasteiger partial charge in [-0.1, -0.05) is 29.3 Å². The van der Waals surface area contributed by atoms with Crippen molar-refractivity contribution in [1.29, 1.82) is 0 Å². The molecule has 2 bridgehead atoms. The van der Waals surface area contributed by atoms with E-state index < -0.39 is 0 Å². The average molecular weight is 271 g/mol. The van der Waals surface area contributed by atoms with Gasteiger partial charge < -0.3 is 10.6 Å². The Balaban J connectivity index is 1.72. The first-order valence-electron chi connectivity index (χ1n) is 6.19. The summed E-state index contributed by atoms with van der Waals surface area (Å²) in [7, 11) is 0. The maximum atomic E-state index is 6.19. The van der Waals surface area contributed by atoms with E-state index in [9.17, 15) is 0 Å². The quantitative estimate of drug-likeness (QED) is 0.857. The Bertz CT molecular complexity index is 410. The number of fused-ring (bicyclic) bond motifs is 2. The largest absolute Gasteiger partial charge is 0.381 e. The molecule has 0 amide bonds. The van der Waals surface area contributed by atoms with E-state index in [2.05, 4.69) is 10.6 Å². The van der Waals surface area contributed by atoms with Gasteiger partial charge in [0.1, 0.15) is 0 Å². The van der Waals surface area contributed by atoms with Crippen LogP contribution in [-0.2, 0) is 0 Å². The zero-order chi connectivity index (χ0) is 11.8. The van der Waals surface area contributed by atoms with Crippen LogP contribution in [0.25, 0.3) is 0 Å². The Kier molecular flexibility index (Phi) is 3.20. The van der Waals surface area contributed by atoms with E-state index in [-0.39, 0.29) is 0 Å². The fourth-order valence-electron chi connectivity index (χ4n) is 3.01. The van der Waals surface area contributed by atoms with Crippen molar-refractivity contribution in [1.82, 2.24) is 5.32 Å². The molecule has 0 saturated carbocycles. The zero-order valence-corrected chi connectivity index (χ0v) is 11.1. The lowest BCUT2D eigenvalue weighted by Crippen LogP contribution is -2.43. The lowest BCUT2D eigenvalue weighted by atomic mass is 9.99. The summed E-state index contributed by atoms with van der Waals surface area (Å²) >= 11 is 12.2. The van der Waals surface area contributed by atoms with Crippen LogP contribution in [0.1, 0.15) is 25.7 Å². The highest BCUT2D eigenvalue weighted by Gasteiger charge is 2.33. The first kappa shape index (κ1) is 11.6. The Morgan fingerprint density at radius 2 is 1.82 bits per heavy atom. The maximum Gasteiger partial charge on any atom is 0.0823 e. The molecule has 3 rings (SSSR count). The molecule has 2 aliphatic heterocycles. The van der Waals surface area contributed by atoms with Gasteiger partial charge in [-0.2, -0.15) is 0 Å². The summed E-state index contributed by atoms with van der Waals surface area (Å²) in [5.74, 6) is 0. The number of hydrogen-bond acceptors (Lipinski definition) is 2. The zero-order valence-electron chi connectivity index (χ0n) is 9.55. The summed E-state index contributed by atoms with van der Waals surface area (Å²) in [5.41, 5.74) is 0.963. The molecule has 4 heteroatoms. The molecule has 17 heavy (non-hydrogen) atoms. The minimum atomic E-state index is 0.518. The normalized spacial score (nSPS) is 31.5. The summed E-state index contributed by atoms with van der Waals surface area (Å²) in [4.78, 5) is 0. The molecule has 0 aromatic heterocycles. The lowest BCUT2D eigenvalue weighted by Gasteiger charge is -2.30. The van der Waals surface area contributed by atoms with Crippen molar-refractivity contribution in [3.63, 3.8) is 0 Å². The van der Waals surface area contributed by atoms with Crippen molar-refractivity contribution in [2.45, 2.75) is 43.8 Å². The van der Waals surface area contributed by atoms with E-state index in [0.717, 1.165) is 5.69 Å². The third kappa shape index (κ3) is 2.40. The van der Waals surface area contributed by atoms with Gasteiger partial charge in [-0.05, 0) is 37.8 Å². The number of nitrogens with one attached hydrogen (secondary N) is 2. The topological polar surface area (TPSA) is 24.1 Å². The van der Waals surface area contributed by atoms with E-state index in [4.69, 9.17) is 23.2 Å². The summed E-state index contributed by atoms with van der Waals surface area (Å²) < 4.78 is 0. The highest BCUT2D eigenvalue weighted by Crippen LogP contribution is 2.33. The highest BCUT2D eigenvalue weighted by atomic mass is 35.5. The molecular formula is C13H16Cl2N2. The van der Waals surface area contributed by atoms with E-state index in [1.807, 2.05) is 18.2 Å². The summed E-state index contributed by atoms with van der Waals surface area (Å²) in [6.45, 7) is 0. The molecule has 2 saturated heterocycles. The third-order valence-electron chi connectivity index (χ3n) is 3.78. The third-order valence-corrected chi connectivity index (χ3v) is 4.60. The van der Waals surface area contributed by atoms with Crippen molar-refractivity contribution in [3.05, 3.63) is 28.2 Å². The van der Waals surface area contributed by atoms with Crippen molar-refractivity contribution >= 4 is 28.9 Å². The standard InChI is InChI=1S/C13H16Cl2N2/c14-11-2-1-3-12(13(11)15)17-10-6-8-4-5-9(7-10)16-8/h1-3,8-10,16-17H,4-7H2. The van der Waals surface area contributed by atoms with Gasteiger partial charge in [0.05, 0.1) is 15.7 Å². The van der Waals surface area contributed by atoms with Crippen LogP contribution in [0.15, 0.2) is 18.2 Å². The van der Waals surface area contributed by atoms with Crippen molar-refractivity contribution < 1.29 is 0 Å². The fourth-order valence-corrected chi connectivity index (χ4v) is 3.37.